The van der Waals surface area contributed by atoms with Gasteiger partial charge in [-0.15, -0.1) is 0 Å². The minimum absolute atomic E-state index is 0.00329. The first-order valence-electron chi connectivity index (χ1n) is 8.14. The number of nitrogens with one attached hydrogen (secondary N) is 1. The second kappa shape index (κ2) is 8.01. The van der Waals surface area contributed by atoms with Crippen molar-refractivity contribution < 1.29 is 9.53 Å². The van der Waals surface area contributed by atoms with Gasteiger partial charge in [0.1, 0.15) is 0 Å². The molecule has 1 N–H and O–H groups in total. The summed E-state index contributed by atoms with van der Waals surface area (Å²) in [5.41, 5.74) is 0.761. The first-order valence-corrected chi connectivity index (χ1v) is 10.1. The molecular formula is C17H23BrN2O2S. The molecule has 23 heavy (non-hydrogen) atoms. The summed E-state index contributed by atoms with van der Waals surface area (Å²) in [5, 5.41) is 3.17. The van der Waals surface area contributed by atoms with Crippen molar-refractivity contribution in [3.8, 4) is 0 Å². The van der Waals surface area contributed by atoms with Gasteiger partial charge in [-0.25, -0.2) is 0 Å². The van der Waals surface area contributed by atoms with Gasteiger partial charge in [0.25, 0.3) is 5.91 Å². The van der Waals surface area contributed by atoms with Gasteiger partial charge in [0.2, 0.25) is 0 Å². The minimum atomic E-state index is 0.00329. The number of rotatable bonds is 4. The second-order valence-corrected chi connectivity index (χ2v) is 8.27. The topological polar surface area (TPSA) is 41.6 Å². The van der Waals surface area contributed by atoms with Gasteiger partial charge in [-0.3, -0.25) is 9.69 Å². The summed E-state index contributed by atoms with van der Waals surface area (Å²) in [7, 11) is 0. The Kier molecular flexibility index (Phi) is 6.01. The van der Waals surface area contributed by atoms with E-state index in [0.717, 1.165) is 43.6 Å². The van der Waals surface area contributed by atoms with E-state index in [0.29, 0.717) is 12.1 Å². The van der Waals surface area contributed by atoms with Crippen LogP contribution in [-0.4, -0.2) is 60.7 Å². The van der Waals surface area contributed by atoms with E-state index in [9.17, 15) is 4.79 Å². The number of benzene rings is 1. The van der Waals surface area contributed by atoms with Crippen molar-refractivity contribution in [3.05, 3.63) is 34.3 Å². The molecule has 2 fully saturated rings. The van der Waals surface area contributed by atoms with Gasteiger partial charge in [-0.05, 0) is 31.0 Å². The maximum Gasteiger partial charge on any atom is 0.251 e. The summed E-state index contributed by atoms with van der Waals surface area (Å²) in [4.78, 5) is 15.1. The molecule has 2 aliphatic rings. The van der Waals surface area contributed by atoms with E-state index < -0.39 is 0 Å². The molecule has 2 heterocycles. The molecule has 3 rings (SSSR count). The highest BCUT2D eigenvalue weighted by Gasteiger charge is 2.39. The van der Waals surface area contributed by atoms with Crippen LogP contribution in [0.15, 0.2) is 28.7 Å². The molecule has 0 bridgehead atoms. The number of carbonyl (C=O) groups is 1. The Morgan fingerprint density at radius 2 is 2.04 bits per heavy atom. The Morgan fingerprint density at radius 3 is 2.74 bits per heavy atom. The molecule has 0 saturated carbocycles. The van der Waals surface area contributed by atoms with E-state index in [2.05, 4.69) is 26.1 Å². The monoisotopic (exact) mass is 398 g/mol. The Labute approximate surface area is 150 Å². The van der Waals surface area contributed by atoms with Crippen molar-refractivity contribution in [2.75, 3.05) is 44.4 Å². The van der Waals surface area contributed by atoms with Crippen molar-refractivity contribution >= 4 is 33.6 Å². The largest absolute Gasteiger partial charge is 0.381 e. The Balaban J connectivity index is 1.67. The van der Waals surface area contributed by atoms with Crippen LogP contribution >= 0.6 is 27.7 Å². The minimum Gasteiger partial charge on any atom is -0.381 e. The van der Waals surface area contributed by atoms with Gasteiger partial charge in [0.15, 0.2) is 0 Å². The van der Waals surface area contributed by atoms with E-state index in [1.54, 1.807) is 0 Å². The van der Waals surface area contributed by atoms with Crippen LogP contribution in [0.4, 0.5) is 0 Å². The fourth-order valence-corrected chi connectivity index (χ4v) is 4.67. The number of carbonyl (C=O) groups excluding carboxylic acids is 1. The van der Waals surface area contributed by atoms with Gasteiger partial charge in [0, 0.05) is 59.9 Å². The third-order valence-corrected chi connectivity index (χ3v) is 6.21. The molecule has 0 aromatic heterocycles. The fraction of sp³-hybridized carbons (Fsp3) is 0.588. The molecule has 0 unspecified atom stereocenters. The van der Waals surface area contributed by atoms with Crippen LogP contribution in [0.3, 0.4) is 0 Å². The predicted molar refractivity (Wildman–Crippen MR) is 98.2 cm³/mol. The van der Waals surface area contributed by atoms with Crippen molar-refractivity contribution in [2.24, 2.45) is 0 Å². The van der Waals surface area contributed by atoms with Crippen molar-refractivity contribution in [1.82, 2.24) is 10.2 Å². The first kappa shape index (κ1) is 17.3. The molecule has 2 aliphatic heterocycles. The maximum absolute atomic E-state index is 12.5. The average Bonchev–Trinajstić information content (AvgIpc) is 2.61. The summed E-state index contributed by atoms with van der Waals surface area (Å²) in [6.45, 7) is 4.49. The standard InChI is InChI=1S/C17H23BrN2O2S/c18-15-3-1-2-14(12-15)16(21)19-13-17(4-8-22-9-5-17)20-6-10-23-11-7-20/h1-3,12H,4-11,13H2,(H,19,21). The van der Waals surface area contributed by atoms with Gasteiger partial charge in [-0.2, -0.15) is 11.8 Å². The highest BCUT2D eigenvalue weighted by Crippen LogP contribution is 2.30. The lowest BCUT2D eigenvalue weighted by atomic mass is 9.87. The lowest BCUT2D eigenvalue weighted by Gasteiger charge is -2.48. The highest BCUT2D eigenvalue weighted by molar-refractivity contribution is 9.10. The number of ether oxygens (including phenoxy) is 1. The number of thioether (sulfide) groups is 1. The van der Waals surface area contributed by atoms with Crippen LogP contribution in [-0.2, 0) is 4.74 Å². The quantitative estimate of drug-likeness (QED) is 0.846. The zero-order valence-corrected chi connectivity index (χ0v) is 15.6. The molecule has 6 heteroatoms. The van der Waals surface area contributed by atoms with E-state index in [1.807, 2.05) is 36.0 Å². The molecule has 1 aromatic carbocycles. The van der Waals surface area contributed by atoms with Crippen molar-refractivity contribution in [2.45, 2.75) is 18.4 Å². The molecule has 0 atom stereocenters. The molecule has 0 aliphatic carbocycles. The van der Waals surface area contributed by atoms with Crippen LogP contribution in [0.5, 0.6) is 0 Å². The van der Waals surface area contributed by atoms with Crippen molar-refractivity contribution in [1.29, 1.82) is 0 Å². The van der Waals surface area contributed by atoms with E-state index in [-0.39, 0.29) is 11.4 Å². The lowest BCUT2D eigenvalue weighted by molar-refractivity contribution is -0.0237. The molecular weight excluding hydrogens is 376 g/mol. The predicted octanol–water partition coefficient (Wildman–Crippen LogP) is 2.78. The number of hydrogen-bond acceptors (Lipinski definition) is 4. The normalized spacial score (nSPS) is 21.8. The number of amides is 1. The van der Waals surface area contributed by atoms with E-state index >= 15 is 0 Å². The van der Waals surface area contributed by atoms with Crippen LogP contribution < -0.4 is 5.32 Å². The van der Waals surface area contributed by atoms with Crippen LogP contribution in [0, 0.1) is 0 Å². The third kappa shape index (κ3) is 4.29. The number of halogens is 1. The molecule has 126 valence electrons. The average molecular weight is 399 g/mol. The molecule has 4 nitrogen and oxygen atoms in total. The fourth-order valence-electron chi connectivity index (χ4n) is 3.37. The first-order chi connectivity index (χ1) is 11.2. The van der Waals surface area contributed by atoms with Gasteiger partial charge >= 0.3 is 0 Å². The SMILES string of the molecule is O=C(NCC1(N2CCSCC2)CCOCC1)c1cccc(Br)c1. The Morgan fingerprint density at radius 1 is 1.30 bits per heavy atom. The molecule has 0 spiro atoms. The van der Waals surface area contributed by atoms with Gasteiger partial charge in [-0.1, -0.05) is 22.0 Å². The summed E-state index contributed by atoms with van der Waals surface area (Å²) >= 11 is 5.44. The summed E-state index contributed by atoms with van der Waals surface area (Å²) in [6, 6.07) is 7.55. The van der Waals surface area contributed by atoms with Gasteiger partial charge < -0.3 is 10.1 Å². The smallest absolute Gasteiger partial charge is 0.251 e. The zero-order chi connectivity index (χ0) is 16.1. The maximum atomic E-state index is 12.5. The van der Waals surface area contributed by atoms with E-state index in [1.165, 1.54) is 11.5 Å². The number of nitrogens with zero attached hydrogens (tertiary/aromatic N) is 1. The molecule has 0 radical (unpaired) electrons. The van der Waals surface area contributed by atoms with E-state index in [4.69, 9.17) is 4.74 Å². The molecule has 1 aromatic rings. The summed E-state index contributed by atoms with van der Waals surface area (Å²) in [5.74, 6) is 2.37. The summed E-state index contributed by atoms with van der Waals surface area (Å²) in [6.07, 6.45) is 1.99. The van der Waals surface area contributed by atoms with Crippen LogP contribution in [0.1, 0.15) is 23.2 Å². The zero-order valence-electron chi connectivity index (χ0n) is 13.2. The van der Waals surface area contributed by atoms with Gasteiger partial charge in [0.05, 0.1) is 0 Å². The van der Waals surface area contributed by atoms with Crippen molar-refractivity contribution in [3.63, 3.8) is 0 Å². The highest BCUT2D eigenvalue weighted by atomic mass is 79.9. The Hall–Kier alpha value is -0.560. The third-order valence-electron chi connectivity index (χ3n) is 4.77. The van der Waals surface area contributed by atoms with Crippen LogP contribution in [0.25, 0.3) is 0 Å². The second-order valence-electron chi connectivity index (χ2n) is 6.13. The summed E-state index contributed by atoms with van der Waals surface area (Å²) < 4.78 is 6.50. The van der Waals surface area contributed by atoms with Crippen LogP contribution in [0.2, 0.25) is 0 Å². The molecule has 2 saturated heterocycles. The Bertz CT molecular complexity index is 543. The lowest BCUT2D eigenvalue weighted by Crippen LogP contribution is -2.60. The molecule has 1 amide bonds. The number of hydrogen-bond donors (Lipinski definition) is 1.